The van der Waals surface area contributed by atoms with E-state index in [1.165, 1.54) is 12.8 Å². The number of ether oxygens (including phenoxy) is 1. The summed E-state index contributed by atoms with van der Waals surface area (Å²) >= 11 is 0. The van der Waals surface area contributed by atoms with Crippen LogP contribution >= 0.6 is 0 Å². The molecule has 10 heavy (non-hydrogen) atoms. The largest absolute Gasteiger partial charge is 0.380 e. The van der Waals surface area contributed by atoms with E-state index in [-0.39, 0.29) is 0 Å². The molecule has 0 heterocycles. The second kappa shape index (κ2) is 7.03. The van der Waals surface area contributed by atoms with E-state index < -0.39 is 0 Å². The van der Waals surface area contributed by atoms with E-state index in [1.54, 1.807) is 0 Å². The summed E-state index contributed by atoms with van der Waals surface area (Å²) in [6.07, 6.45) is 2.50. The smallest absolute Gasteiger partial charge is 0.0588 e. The molecule has 0 fully saturated rings. The molecule has 0 aliphatic rings. The number of nitrogens with two attached hydrogens (primary N) is 1. The second-order valence-electron chi connectivity index (χ2n) is 2.76. The Kier molecular flexibility index (Phi) is 6.98. The Morgan fingerprint density at radius 2 is 2.20 bits per heavy atom. The summed E-state index contributed by atoms with van der Waals surface area (Å²) in [6, 6.07) is 0. The molecule has 0 spiro atoms. The molecule has 0 aromatic heterocycles. The first-order valence-electron chi connectivity index (χ1n) is 4.09. The Morgan fingerprint density at radius 1 is 1.50 bits per heavy atom. The zero-order valence-corrected chi connectivity index (χ0v) is 7.10. The average Bonchev–Trinajstić information content (AvgIpc) is 1.89. The Hall–Kier alpha value is -0.0800. The van der Waals surface area contributed by atoms with Gasteiger partial charge in [0.25, 0.3) is 0 Å². The van der Waals surface area contributed by atoms with Crippen LogP contribution in [0, 0.1) is 5.92 Å². The number of hydrogen-bond donors (Lipinski definition) is 1. The van der Waals surface area contributed by atoms with Gasteiger partial charge >= 0.3 is 0 Å². The predicted molar refractivity (Wildman–Crippen MR) is 43.9 cm³/mol. The first kappa shape index (κ1) is 9.92. The van der Waals surface area contributed by atoms with Crippen LogP contribution < -0.4 is 5.73 Å². The summed E-state index contributed by atoms with van der Waals surface area (Å²) in [5.74, 6) is 0.691. The minimum atomic E-state index is 0.638. The Balaban J connectivity index is 2.97. The van der Waals surface area contributed by atoms with Crippen molar-refractivity contribution < 1.29 is 4.74 Å². The summed E-state index contributed by atoms with van der Waals surface area (Å²) < 4.78 is 5.27. The molecule has 0 radical (unpaired) electrons. The molecule has 0 saturated carbocycles. The monoisotopic (exact) mass is 145 g/mol. The summed E-state index contributed by atoms with van der Waals surface area (Å²) in [5, 5.41) is 0. The third kappa shape index (κ3) is 6.05. The lowest BCUT2D eigenvalue weighted by molar-refractivity contribution is 0.108. The number of rotatable bonds is 6. The molecule has 0 bridgehead atoms. The van der Waals surface area contributed by atoms with Crippen molar-refractivity contribution in [2.45, 2.75) is 26.7 Å². The van der Waals surface area contributed by atoms with Gasteiger partial charge in [-0.25, -0.2) is 0 Å². The molecule has 0 aliphatic carbocycles. The van der Waals surface area contributed by atoms with Gasteiger partial charge in [0.05, 0.1) is 6.61 Å². The van der Waals surface area contributed by atoms with Gasteiger partial charge in [0.1, 0.15) is 0 Å². The third-order valence-corrected chi connectivity index (χ3v) is 1.45. The molecule has 0 aromatic rings. The van der Waals surface area contributed by atoms with Crippen LogP contribution in [-0.2, 0) is 4.74 Å². The third-order valence-electron chi connectivity index (χ3n) is 1.45. The molecule has 0 aliphatic heterocycles. The van der Waals surface area contributed by atoms with Crippen LogP contribution in [0.1, 0.15) is 26.7 Å². The zero-order valence-electron chi connectivity index (χ0n) is 7.10. The van der Waals surface area contributed by atoms with Gasteiger partial charge in [0.15, 0.2) is 0 Å². The fraction of sp³-hybridized carbons (Fsp3) is 1.00. The van der Waals surface area contributed by atoms with Gasteiger partial charge in [-0.1, -0.05) is 20.3 Å². The van der Waals surface area contributed by atoms with Crippen molar-refractivity contribution in [2.75, 3.05) is 19.8 Å². The van der Waals surface area contributed by atoms with Crippen LogP contribution in [0.3, 0.4) is 0 Å². The van der Waals surface area contributed by atoms with E-state index in [4.69, 9.17) is 10.5 Å². The standard InChI is InChI=1S/C8H19NO/c1-3-4-8(2)7-10-6-5-9/h8H,3-7,9H2,1-2H3. The molecule has 2 heteroatoms. The molecule has 0 rings (SSSR count). The summed E-state index contributed by atoms with van der Waals surface area (Å²) in [4.78, 5) is 0. The van der Waals surface area contributed by atoms with Gasteiger partial charge < -0.3 is 10.5 Å². The second-order valence-corrected chi connectivity index (χ2v) is 2.76. The van der Waals surface area contributed by atoms with Crippen molar-refractivity contribution >= 4 is 0 Å². The SMILES string of the molecule is CCCC(C)COCCN. The van der Waals surface area contributed by atoms with Crippen LogP contribution in [0.15, 0.2) is 0 Å². The zero-order chi connectivity index (χ0) is 7.82. The minimum absolute atomic E-state index is 0.638. The molecular formula is C8H19NO. The van der Waals surface area contributed by atoms with E-state index in [0.29, 0.717) is 19.1 Å². The van der Waals surface area contributed by atoms with E-state index in [0.717, 1.165) is 6.61 Å². The van der Waals surface area contributed by atoms with Gasteiger partial charge in [-0.2, -0.15) is 0 Å². The first-order valence-corrected chi connectivity index (χ1v) is 4.09. The van der Waals surface area contributed by atoms with E-state index in [1.807, 2.05) is 0 Å². The van der Waals surface area contributed by atoms with E-state index in [2.05, 4.69) is 13.8 Å². The number of hydrogen-bond acceptors (Lipinski definition) is 2. The molecular weight excluding hydrogens is 126 g/mol. The fourth-order valence-electron chi connectivity index (χ4n) is 0.944. The summed E-state index contributed by atoms with van der Waals surface area (Å²) in [6.45, 7) is 6.61. The molecule has 2 N–H and O–H groups in total. The highest BCUT2D eigenvalue weighted by molar-refractivity contribution is 4.48. The van der Waals surface area contributed by atoms with Crippen LogP contribution in [-0.4, -0.2) is 19.8 Å². The minimum Gasteiger partial charge on any atom is -0.380 e. The topological polar surface area (TPSA) is 35.2 Å². The van der Waals surface area contributed by atoms with Crippen molar-refractivity contribution in [3.63, 3.8) is 0 Å². The Labute approximate surface area is 63.7 Å². The van der Waals surface area contributed by atoms with Gasteiger partial charge in [0.2, 0.25) is 0 Å². The predicted octanol–water partition coefficient (Wildman–Crippen LogP) is 1.40. The normalized spacial score (nSPS) is 13.5. The van der Waals surface area contributed by atoms with Crippen LogP contribution in [0.4, 0.5) is 0 Å². The molecule has 2 nitrogen and oxygen atoms in total. The van der Waals surface area contributed by atoms with Crippen LogP contribution in [0.2, 0.25) is 0 Å². The van der Waals surface area contributed by atoms with Gasteiger partial charge in [-0.3, -0.25) is 0 Å². The van der Waals surface area contributed by atoms with Crippen LogP contribution in [0.5, 0.6) is 0 Å². The van der Waals surface area contributed by atoms with Crippen LogP contribution in [0.25, 0.3) is 0 Å². The molecule has 62 valence electrons. The maximum Gasteiger partial charge on any atom is 0.0588 e. The molecule has 1 unspecified atom stereocenters. The molecule has 0 aromatic carbocycles. The average molecular weight is 145 g/mol. The lowest BCUT2D eigenvalue weighted by Gasteiger charge is -2.09. The lowest BCUT2D eigenvalue weighted by Crippen LogP contribution is -2.12. The van der Waals surface area contributed by atoms with Crippen molar-refractivity contribution in [2.24, 2.45) is 11.7 Å². The van der Waals surface area contributed by atoms with Gasteiger partial charge in [0, 0.05) is 13.2 Å². The maximum absolute atomic E-state index is 5.27. The summed E-state index contributed by atoms with van der Waals surface area (Å²) in [7, 11) is 0. The Bertz CT molecular complexity index is 66.3. The fourth-order valence-corrected chi connectivity index (χ4v) is 0.944. The van der Waals surface area contributed by atoms with Crippen molar-refractivity contribution in [3.8, 4) is 0 Å². The molecule has 0 amide bonds. The van der Waals surface area contributed by atoms with Gasteiger partial charge in [-0.05, 0) is 12.3 Å². The van der Waals surface area contributed by atoms with Crippen molar-refractivity contribution in [1.29, 1.82) is 0 Å². The van der Waals surface area contributed by atoms with Gasteiger partial charge in [-0.15, -0.1) is 0 Å². The van der Waals surface area contributed by atoms with Crippen molar-refractivity contribution in [3.05, 3.63) is 0 Å². The van der Waals surface area contributed by atoms with E-state index >= 15 is 0 Å². The molecule has 1 atom stereocenters. The maximum atomic E-state index is 5.27. The lowest BCUT2D eigenvalue weighted by atomic mass is 10.1. The quantitative estimate of drug-likeness (QED) is 0.573. The Morgan fingerprint density at radius 3 is 2.70 bits per heavy atom. The van der Waals surface area contributed by atoms with E-state index in [9.17, 15) is 0 Å². The first-order chi connectivity index (χ1) is 4.81. The molecule has 0 saturated heterocycles. The highest BCUT2D eigenvalue weighted by Crippen LogP contribution is 2.04. The summed E-state index contributed by atoms with van der Waals surface area (Å²) in [5.41, 5.74) is 5.26. The highest BCUT2D eigenvalue weighted by atomic mass is 16.5. The highest BCUT2D eigenvalue weighted by Gasteiger charge is 1.98. The van der Waals surface area contributed by atoms with Crippen molar-refractivity contribution in [1.82, 2.24) is 0 Å².